The van der Waals surface area contributed by atoms with Crippen molar-refractivity contribution in [2.24, 2.45) is 5.41 Å². The Balaban J connectivity index is 4.42. The van der Waals surface area contributed by atoms with Gasteiger partial charge in [-0.3, -0.25) is 0 Å². The van der Waals surface area contributed by atoms with Gasteiger partial charge < -0.3 is 5.32 Å². The number of nitrogens with one attached hydrogen (secondary N) is 1. The van der Waals surface area contributed by atoms with E-state index in [1.165, 1.54) is 0 Å². The molecule has 0 aliphatic carbocycles. The van der Waals surface area contributed by atoms with Crippen molar-refractivity contribution in [2.75, 3.05) is 19.3 Å². The summed E-state index contributed by atoms with van der Waals surface area (Å²) in [6.07, 6.45) is 2.46. The highest BCUT2D eigenvalue weighted by Crippen LogP contribution is 2.23. The Morgan fingerprint density at radius 2 is 2.00 bits per heavy atom. The normalized spacial score (nSPS) is 16.3. The predicted molar refractivity (Wildman–Crippen MR) is 65.8 cm³/mol. The van der Waals surface area contributed by atoms with E-state index in [9.17, 15) is 8.42 Å². The summed E-state index contributed by atoms with van der Waals surface area (Å²) in [7, 11) is -1.08. The second-order valence-electron chi connectivity index (χ2n) is 4.55. The minimum atomic E-state index is -2.94. The Morgan fingerprint density at radius 1 is 1.47 bits per heavy atom. The van der Waals surface area contributed by atoms with Gasteiger partial charge in [-0.1, -0.05) is 13.0 Å². The summed E-state index contributed by atoms with van der Waals surface area (Å²) in [6.45, 7) is 9.98. The lowest BCUT2D eigenvalue weighted by Crippen LogP contribution is -2.31. The molecule has 0 saturated carbocycles. The van der Waals surface area contributed by atoms with Gasteiger partial charge in [0.15, 0.2) is 9.84 Å². The lowest BCUT2D eigenvalue weighted by Gasteiger charge is -2.25. The van der Waals surface area contributed by atoms with Crippen LogP contribution < -0.4 is 5.32 Å². The van der Waals surface area contributed by atoms with Crippen molar-refractivity contribution in [3.63, 3.8) is 0 Å². The van der Waals surface area contributed by atoms with Crippen LogP contribution in [-0.2, 0) is 9.84 Å². The highest BCUT2D eigenvalue weighted by molar-refractivity contribution is 7.91. The molecule has 0 rings (SSSR count). The van der Waals surface area contributed by atoms with E-state index in [0.29, 0.717) is 6.42 Å². The van der Waals surface area contributed by atoms with Gasteiger partial charge in [0, 0.05) is 6.54 Å². The third-order valence-electron chi connectivity index (χ3n) is 2.75. The van der Waals surface area contributed by atoms with Crippen molar-refractivity contribution in [2.45, 2.75) is 32.4 Å². The van der Waals surface area contributed by atoms with E-state index in [1.54, 1.807) is 13.8 Å². The van der Waals surface area contributed by atoms with Crippen LogP contribution >= 0.6 is 0 Å². The summed E-state index contributed by atoms with van der Waals surface area (Å²) in [5.74, 6) is 0.231. The van der Waals surface area contributed by atoms with Crippen LogP contribution in [0, 0.1) is 5.41 Å². The van der Waals surface area contributed by atoms with Gasteiger partial charge in [-0.25, -0.2) is 8.42 Å². The quantitative estimate of drug-likeness (QED) is 0.680. The van der Waals surface area contributed by atoms with Crippen molar-refractivity contribution < 1.29 is 8.42 Å². The molecule has 1 N–H and O–H groups in total. The van der Waals surface area contributed by atoms with Crippen LogP contribution in [0.5, 0.6) is 0 Å². The average Bonchev–Trinajstić information content (AvgIpc) is 2.15. The SMILES string of the molecule is C=CC(C)(CCS(=O)(=O)C(C)C)CNC. The Hall–Kier alpha value is -0.350. The second kappa shape index (κ2) is 5.66. The second-order valence-corrected chi connectivity index (χ2v) is 7.23. The molecule has 4 heteroatoms. The van der Waals surface area contributed by atoms with Crippen LogP contribution in [0.4, 0.5) is 0 Å². The van der Waals surface area contributed by atoms with E-state index in [0.717, 1.165) is 6.54 Å². The molecule has 0 spiro atoms. The fourth-order valence-corrected chi connectivity index (χ4v) is 2.50. The van der Waals surface area contributed by atoms with Gasteiger partial charge in [-0.2, -0.15) is 0 Å². The average molecular weight is 233 g/mol. The maximum atomic E-state index is 11.6. The molecule has 0 aliphatic heterocycles. The molecule has 0 aromatic rings. The molecule has 0 saturated heterocycles. The molecule has 1 atom stereocenters. The van der Waals surface area contributed by atoms with Crippen molar-refractivity contribution >= 4 is 9.84 Å². The van der Waals surface area contributed by atoms with Gasteiger partial charge in [-0.05, 0) is 32.7 Å². The van der Waals surface area contributed by atoms with Gasteiger partial charge in [0.2, 0.25) is 0 Å². The first-order valence-corrected chi connectivity index (χ1v) is 6.99. The summed E-state index contributed by atoms with van der Waals surface area (Å²) in [6, 6.07) is 0. The predicted octanol–water partition coefficient (Wildman–Crippen LogP) is 1.61. The van der Waals surface area contributed by atoms with Crippen molar-refractivity contribution in [3.05, 3.63) is 12.7 Å². The third-order valence-corrected chi connectivity index (χ3v) is 4.96. The topological polar surface area (TPSA) is 46.2 Å². The lowest BCUT2D eigenvalue weighted by molar-refractivity contribution is 0.394. The summed E-state index contributed by atoms with van der Waals surface area (Å²) < 4.78 is 23.3. The maximum absolute atomic E-state index is 11.6. The number of hydrogen-bond donors (Lipinski definition) is 1. The Bertz CT molecular complexity index is 296. The lowest BCUT2D eigenvalue weighted by atomic mass is 9.88. The van der Waals surface area contributed by atoms with Crippen LogP contribution in [-0.4, -0.2) is 33.0 Å². The van der Waals surface area contributed by atoms with E-state index in [-0.39, 0.29) is 16.4 Å². The molecule has 1 unspecified atom stereocenters. The first kappa shape index (κ1) is 14.6. The van der Waals surface area contributed by atoms with Gasteiger partial charge in [0.05, 0.1) is 11.0 Å². The smallest absolute Gasteiger partial charge is 0.152 e. The highest BCUT2D eigenvalue weighted by Gasteiger charge is 2.24. The standard InChI is InChI=1S/C11H23NO2S/c1-6-11(4,9-12-5)7-8-15(13,14)10(2)3/h6,10,12H,1,7-9H2,2-5H3. The maximum Gasteiger partial charge on any atom is 0.152 e. The Morgan fingerprint density at radius 3 is 2.33 bits per heavy atom. The van der Waals surface area contributed by atoms with Gasteiger partial charge in [0.25, 0.3) is 0 Å². The van der Waals surface area contributed by atoms with Gasteiger partial charge in [-0.15, -0.1) is 6.58 Å². The molecule has 0 aliphatic rings. The zero-order chi connectivity index (χ0) is 12.1. The van der Waals surface area contributed by atoms with Crippen molar-refractivity contribution in [1.82, 2.24) is 5.32 Å². The summed E-state index contributed by atoms with van der Waals surface area (Å²) >= 11 is 0. The molecular formula is C11H23NO2S. The summed E-state index contributed by atoms with van der Waals surface area (Å²) in [5.41, 5.74) is -0.142. The minimum absolute atomic E-state index is 0.142. The van der Waals surface area contributed by atoms with Crippen LogP contribution in [0.15, 0.2) is 12.7 Å². The number of sulfone groups is 1. The zero-order valence-electron chi connectivity index (χ0n) is 10.2. The summed E-state index contributed by atoms with van der Waals surface area (Å²) in [4.78, 5) is 0. The molecule has 0 aromatic heterocycles. The minimum Gasteiger partial charge on any atom is -0.319 e. The number of hydrogen-bond acceptors (Lipinski definition) is 3. The van der Waals surface area contributed by atoms with Crippen LogP contribution in [0.1, 0.15) is 27.2 Å². The molecule has 90 valence electrons. The van der Waals surface area contributed by atoms with E-state index in [2.05, 4.69) is 11.9 Å². The van der Waals surface area contributed by atoms with E-state index in [1.807, 2.05) is 20.0 Å². The van der Waals surface area contributed by atoms with Gasteiger partial charge >= 0.3 is 0 Å². The first-order chi connectivity index (χ1) is 6.77. The molecule has 0 heterocycles. The largest absolute Gasteiger partial charge is 0.319 e. The Labute approximate surface area is 93.9 Å². The first-order valence-electron chi connectivity index (χ1n) is 5.27. The molecule has 15 heavy (non-hydrogen) atoms. The van der Waals surface area contributed by atoms with Crippen LogP contribution in [0.3, 0.4) is 0 Å². The van der Waals surface area contributed by atoms with E-state index >= 15 is 0 Å². The van der Waals surface area contributed by atoms with E-state index < -0.39 is 9.84 Å². The molecule has 3 nitrogen and oxygen atoms in total. The highest BCUT2D eigenvalue weighted by atomic mass is 32.2. The van der Waals surface area contributed by atoms with Crippen LogP contribution in [0.25, 0.3) is 0 Å². The molecule has 0 bridgehead atoms. The molecule has 0 fully saturated rings. The Kier molecular flexibility index (Phi) is 5.53. The third kappa shape index (κ3) is 4.80. The fraction of sp³-hybridized carbons (Fsp3) is 0.818. The molecule has 0 aromatic carbocycles. The fourth-order valence-electron chi connectivity index (χ4n) is 1.28. The summed E-state index contributed by atoms with van der Waals surface area (Å²) in [5, 5.41) is 2.77. The number of rotatable bonds is 7. The monoisotopic (exact) mass is 233 g/mol. The molecular weight excluding hydrogens is 210 g/mol. The van der Waals surface area contributed by atoms with Crippen molar-refractivity contribution in [1.29, 1.82) is 0 Å². The zero-order valence-corrected chi connectivity index (χ0v) is 11.0. The van der Waals surface area contributed by atoms with Crippen LogP contribution in [0.2, 0.25) is 0 Å². The van der Waals surface area contributed by atoms with E-state index in [4.69, 9.17) is 0 Å². The molecule has 0 amide bonds. The van der Waals surface area contributed by atoms with Crippen molar-refractivity contribution in [3.8, 4) is 0 Å². The van der Waals surface area contributed by atoms with Gasteiger partial charge in [0.1, 0.15) is 0 Å². The molecule has 0 radical (unpaired) electrons.